The number of benzene rings is 2. The maximum absolute atomic E-state index is 11.8. The summed E-state index contributed by atoms with van der Waals surface area (Å²) in [6.07, 6.45) is 0. The van der Waals surface area contributed by atoms with Gasteiger partial charge in [-0.3, -0.25) is 4.57 Å². The van der Waals surface area contributed by atoms with E-state index < -0.39 is 5.20 Å². The van der Waals surface area contributed by atoms with E-state index in [4.69, 9.17) is 9.47 Å². The zero-order valence-electron chi connectivity index (χ0n) is 11.4. The summed E-state index contributed by atoms with van der Waals surface area (Å²) in [6.45, 7) is 0. The van der Waals surface area contributed by atoms with E-state index in [1.54, 1.807) is 55.6 Å². The van der Waals surface area contributed by atoms with E-state index in [-0.39, 0.29) is 5.97 Å². The largest absolute Gasteiger partial charge is 0.497 e. The van der Waals surface area contributed by atoms with Crippen LogP contribution in [0.1, 0.15) is 10.4 Å². The Morgan fingerprint density at radius 2 is 1.50 bits per heavy atom. The first kappa shape index (κ1) is 18.9. The Kier molecular flexibility index (Phi) is 7.77. The van der Waals surface area contributed by atoms with E-state index in [2.05, 4.69) is 33.7 Å². The average molecular weight is 382 g/mol. The second kappa shape index (κ2) is 9.06. The Morgan fingerprint density at radius 3 is 2.05 bits per heavy atom. The van der Waals surface area contributed by atoms with Crippen molar-refractivity contribution < 1.29 is 18.8 Å². The van der Waals surface area contributed by atoms with Gasteiger partial charge < -0.3 is 9.47 Å². The maximum atomic E-state index is 11.8. The molecule has 0 bridgehead atoms. The number of methoxy groups -OCH3 is 1. The van der Waals surface area contributed by atoms with Crippen LogP contribution in [0.5, 0.6) is 11.5 Å². The summed E-state index contributed by atoms with van der Waals surface area (Å²) in [7, 11) is 1.57. The number of carbonyl (C=O) groups excluding carboxylic acids is 1. The molecule has 0 saturated carbocycles. The normalized spacial score (nSPS) is 10.2. The fourth-order valence-electron chi connectivity index (χ4n) is 1.40. The van der Waals surface area contributed by atoms with Crippen LogP contribution in [0.25, 0.3) is 0 Å². The summed E-state index contributed by atoms with van der Waals surface area (Å²) in [6, 6.07) is 15.8. The summed E-state index contributed by atoms with van der Waals surface area (Å²) < 4.78 is 19.8. The lowest BCUT2D eigenvalue weighted by atomic mass is 10.2. The fraction of sp³-hybridized carbons (Fsp3) is 0.0714. The summed E-state index contributed by atoms with van der Waals surface area (Å²) >= 11 is 13.8. The molecule has 0 spiro atoms. The zero-order valence-corrected chi connectivity index (χ0v) is 14.6. The van der Waals surface area contributed by atoms with Crippen molar-refractivity contribution in [2.24, 2.45) is 0 Å². The minimum atomic E-state index is -3.22. The summed E-state index contributed by atoms with van der Waals surface area (Å²) in [5, 5.41) is -3.22. The van der Waals surface area contributed by atoms with E-state index in [1.165, 1.54) is 0 Å². The van der Waals surface area contributed by atoms with Crippen LogP contribution in [0.4, 0.5) is 0 Å². The van der Waals surface area contributed by atoms with Gasteiger partial charge in [-0.25, -0.2) is 4.79 Å². The van der Waals surface area contributed by atoms with Gasteiger partial charge in [-0.1, -0.05) is 24.3 Å². The number of esters is 1. The molecule has 0 aliphatic carbocycles. The fourth-order valence-corrected chi connectivity index (χ4v) is 1.40. The summed E-state index contributed by atoms with van der Waals surface area (Å²) in [5.74, 6) is 0.750. The van der Waals surface area contributed by atoms with Crippen LogP contribution < -0.4 is 9.47 Å². The lowest BCUT2D eigenvalue weighted by Crippen LogP contribution is -2.08. The van der Waals surface area contributed by atoms with E-state index in [0.29, 0.717) is 17.1 Å². The molecule has 0 atom stereocenters. The first-order valence-corrected chi connectivity index (χ1v) is 10.3. The number of carbonyl (C=O) groups is 1. The third-order valence-corrected chi connectivity index (χ3v) is 2.26. The molecule has 2 aromatic rings. The number of hydrogen-bond acceptors (Lipinski definition) is 4. The Bertz CT molecular complexity index is 650. The van der Waals surface area contributed by atoms with Gasteiger partial charge in [-0.15, -0.1) is 0 Å². The highest BCUT2D eigenvalue weighted by Gasteiger charge is 2.07. The molecule has 22 heavy (non-hydrogen) atoms. The SMILES string of the molecule is COc1cccc(OC(=O)c2ccccc2)c1.O=P(Cl)(Cl)Cl. The second-order valence-corrected chi connectivity index (χ2v) is 10.5. The van der Waals surface area contributed by atoms with Crippen molar-refractivity contribution in [3.63, 3.8) is 0 Å². The number of hydrogen-bond donors (Lipinski definition) is 0. The molecular weight excluding hydrogens is 369 g/mol. The van der Waals surface area contributed by atoms with Gasteiger partial charge in [0.25, 0.3) is 0 Å². The van der Waals surface area contributed by atoms with Crippen LogP contribution in [0.2, 0.25) is 0 Å². The van der Waals surface area contributed by atoms with Crippen molar-refractivity contribution in [1.82, 2.24) is 0 Å². The predicted octanol–water partition coefficient (Wildman–Crippen LogP) is 5.73. The Hall–Kier alpha value is -1.19. The van der Waals surface area contributed by atoms with E-state index in [9.17, 15) is 9.36 Å². The van der Waals surface area contributed by atoms with Crippen molar-refractivity contribution in [1.29, 1.82) is 0 Å². The molecule has 0 saturated heterocycles. The highest BCUT2D eigenvalue weighted by molar-refractivity contribution is 8.24. The molecule has 0 aromatic heterocycles. The van der Waals surface area contributed by atoms with Crippen LogP contribution in [0.3, 0.4) is 0 Å². The van der Waals surface area contributed by atoms with Crippen molar-refractivity contribution in [3.8, 4) is 11.5 Å². The average Bonchev–Trinajstić information content (AvgIpc) is 2.46. The van der Waals surface area contributed by atoms with E-state index in [1.807, 2.05) is 6.07 Å². The molecular formula is C14H12Cl3O4P. The number of rotatable bonds is 3. The van der Waals surface area contributed by atoms with Crippen LogP contribution >= 0.6 is 38.9 Å². The molecule has 0 radical (unpaired) electrons. The van der Waals surface area contributed by atoms with Crippen molar-refractivity contribution in [3.05, 3.63) is 60.2 Å². The molecule has 2 rings (SSSR count). The molecule has 4 nitrogen and oxygen atoms in total. The van der Waals surface area contributed by atoms with Gasteiger partial charge in [0.2, 0.25) is 0 Å². The van der Waals surface area contributed by atoms with Gasteiger partial charge in [0, 0.05) is 6.07 Å². The van der Waals surface area contributed by atoms with Crippen molar-refractivity contribution >= 4 is 44.9 Å². The first-order valence-electron chi connectivity index (χ1n) is 5.90. The lowest BCUT2D eigenvalue weighted by molar-refractivity contribution is 0.0734. The van der Waals surface area contributed by atoms with Gasteiger partial charge in [-0.05, 0) is 58.0 Å². The highest BCUT2D eigenvalue weighted by atomic mass is 36.0. The monoisotopic (exact) mass is 380 g/mol. The van der Waals surface area contributed by atoms with Gasteiger partial charge in [0.1, 0.15) is 11.5 Å². The molecule has 0 aliphatic rings. The standard InChI is InChI=1S/C14H12O3.Cl3OP/c1-16-12-8-5-9-13(10-12)17-14(15)11-6-3-2-4-7-11;1-5(2,3)4/h2-10H,1H3;. The Labute approximate surface area is 142 Å². The Morgan fingerprint density at radius 1 is 0.955 bits per heavy atom. The quantitative estimate of drug-likeness (QED) is 0.387. The molecule has 8 heteroatoms. The number of halogens is 3. The van der Waals surface area contributed by atoms with Crippen molar-refractivity contribution in [2.75, 3.05) is 7.11 Å². The maximum Gasteiger partial charge on any atom is 0.343 e. The van der Waals surface area contributed by atoms with E-state index in [0.717, 1.165) is 0 Å². The number of ether oxygens (including phenoxy) is 2. The van der Waals surface area contributed by atoms with Crippen LogP contribution in [-0.4, -0.2) is 13.1 Å². The molecule has 118 valence electrons. The van der Waals surface area contributed by atoms with Gasteiger partial charge in [0.15, 0.2) is 0 Å². The van der Waals surface area contributed by atoms with Crippen LogP contribution in [-0.2, 0) is 4.57 Å². The molecule has 2 aromatic carbocycles. The van der Waals surface area contributed by atoms with Crippen LogP contribution in [0, 0.1) is 0 Å². The topological polar surface area (TPSA) is 52.6 Å². The first-order chi connectivity index (χ1) is 10.3. The minimum Gasteiger partial charge on any atom is -0.497 e. The second-order valence-electron chi connectivity index (χ2n) is 3.83. The summed E-state index contributed by atoms with van der Waals surface area (Å²) in [5.41, 5.74) is 0.523. The Balaban J connectivity index is 0.000000422. The van der Waals surface area contributed by atoms with Crippen molar-refractivity contribution in [2.45, 2.75) is 0 Å². The smallest absolute Gasteiger partial charge is 0.343 e. The third kappa shape index (κ3) is 8.30. The minimum absolute atomic E-state index is 0.376. The zero-order chi connectivity index (χ0) is 16.6. The van der Waals surface area contributed by atoms with Gasteiger partial charge in [-0.2, -0.15) is 0 Å². The van der Waals surface area contributed by atoms with Gasteiger partial charge in [0.05, 0.1) is 12.7 Å². The van der Waals surface area contributed by atoms with E-state index >= 15 is 0 Å². The van der Waals surface area contributed by atoms with Crippen LogP contribution in [0.15, 0.2) is 54.6 Å². The third-order valence-electron chi connectivity index (χ3n) is 2.26. The predicted molar refractivity (Wildman–Crippen MR) is 89.6 cm³/mol. The summed E-state index contributed by atoms with van der Waals surface area (Å²) in [4.78, 5) is 11.8. The molecule has 0 N–H and O–H groups in total. The molecule has 0 heterocycles. The van der Waals surface area contributed by atoms with Gasteiger partial charge >= 0.3 is 11.2 Å². The highest BCUT2D eigenvalue weighted by Crippen LogP contribution is 2.61. The molecule has 0 amide bonds. The molecule has 0 fully saturated rings. The lowest BCUT2D eigenvalue weighted by Gasteiger charge is -2.05. The molecule has 0 unspecified atom stereocenters. The molecule has 0 aliphatic heterocycles.